The van der Waals surface area contributed by atoms with E-state index in [1.165, 1.54) is 238 Å². The lowest BCUT2D eigenvalue weighted by Gasteiger charge is -2.20. The van der Waals surface area contributed by atoms with Gasteiger partial charge in [-0.1, -0.05) is 270 Å². The summed E-state index contributed by atoms with van der Waals surface area (Å²) >= 11 is 0. The Morgan fingerprint density at radius 1 is 0.443 bits per heavy atom. The zero-order chi connectivity index (χ0) is 44.4. The Morgan fingerprint density at radius 2 is 0.754 bits per heavy atom. The van der Waals surface area contributed by atoms with E-state index >= 15 is 0 Å². The van der Waals surface area contributed by atoms with Crippen LogP contribution in [-0.4, -0.2) is 47.4 Å². The van der Waals surface area contributed by atoms with E-state index in [1.54, 1.807) is 6.08 Å². The number of aliphatic hydroxyl groups is 2. The Labute approximate surface area is 380 Å². The summed E-state index contributed by atoms with van der Waals surface area (Å²) in [5.41, 5.74) is 0. The number of ether oxygens (including phenoxy) is 1. The van der Waals surface area contributed by atoms with E-state index in [0.29, 0.717) is 19.4 Å². The van der Waals surface area contributed by atoms with E-state index in [2.05, 4.69) is 19.2 Å². The molecule has 362 valence electrons. The van der Waals surface area contributed by atoms with Crippen LogP contribution in [-0.2, 0) is 14.3 Å². The molecule has 0 aromatic heterocycles. The van der Waals surface area contributed by atoms with Crippen LogP contribution in [0.5, 0.6) is 0 Å². The van der Waals surface area contributed by atoms with Crippen LogP contribution in [0.15, 0.2) is 12.2 Å². The van der Waals surface area contributed by atoms with Crippen LogP contribution in [0.25, 0.3) is 0 Å². The minimum Gasteiger partial charge on any atom is -0.466 e. The van der Waals surface area contributed by atoms with Gasteiger partial charge in [0.1, 0.15) is 0 Å². The molecular weight excluding hydrogens is 755 g/mol. The number of rotatable bonds is 51. The molecule has 0 aliphatic rings. The molecule has 6 heteroatoms. The summed E-state index contributed by atoms with van der Waals surface area (Å²) in [6.07, 6.45) is 59.4. The van der Waals surface area contributed by atoms with Crippen LogP contribution in [0.2, 0.25) is 0 Å². The number of amides is 1. The predicted molar refractivity (Wildman–Crippen MR) is 264 cm³/mol. The number of carbonyl (C=O) groups is 2. The molecule has 3 N–H and O–H groups in total. The van der Waals surface area contributed by atoms with Crippen LogP contribution in [0.4, 0.5) is 0 Å². The van der Waals surface area contributed by atoms with Gasteiger partial charge >= 0.3 is 5.97 Å². The molecule has 0 bridgehead atoms. The lowest BCUT2D eigenvalue weighted by molar-refractivity contribution is -0.143. The maximum absolute atomic E-state index is 12.4. The van der Waals surface area contributed by atoms with Crippen molar-refractivity contribution in [3.8, 4) is 0 Å². The first kappa shape index (κ1) is 59.6. The van der Waals surface area contributed by atoms with E-state index in [1.807, 2.05) is 6.08 Å². The summed E-state index contributed by atoms with van der Waals surface area (Å²) in [5, 5.41) is 23.1. The predicted octanol–water partition coefficient (Wildman–Crippen LogP) is 16.5. The van der Waals surface area contributed by atoms with Crippen molar-refractivity contribution in [2.75, 3.05) is 13.2 Å². The minimum absolute atomic E-state index is 0.00816. The van der Waals surface area contributed by atoms with Gasteiger partial charge in [-0.2, -0.15) is 0 Å². The highest BCUT2D eigenvalue weighted by Crippen LogP contribution is 2.17. The first-order chi connectivity index (χ1) is 30.0. The highest BCUT2D eigenvalue weighted by Gasteiger charge is 2.18. The lowest BCUT2D eigenvalue weighted by Crippen LogP contribution is -2.45. The Morgan fingerprint density at radius 3 is 1.11 bits per heavy atom. The fraction of sp³-hybridized carbons (Fsp3) is 0.927. The molecular formula is C55H107NO5. The topological polar surface area (TPSA) is 95.9 Å². The van der Waals surface area contributed by atoms with Gasteiger partial charge in [-0.3, -0.25) is 9.59 Å². The minimum atomic E-state index is -0.844. The molecule has 0 spiro atoms. The van der Waals surface area contributed by atoms with Crippen molar-refractivity contribution in [3.05, 3.63) is 12.2 Å². The molecule has 2 unspecified atom stereocenters. The molecule has 0 saturated heterocycles. The standard InChI is InChI=1S/C55H107NO5/c1-3-5-7-9-11-13-15-16-24-28-31-35-39-43-47-53(58)52(51-57)56-54(59)48-44-40-36-32-29-25-22-20-18-17-19-21-23-26-30-34-38-42-46-50-61-55(60)49-45-41-37-33-27-14-12-10-8-6-4-2/h43,47,52-53,57-58H,3-42,44-46,48-51H2,1-2H3,(H,56,59)/b47-43+. The third kappa shape index (κ3) is 47.9. The van der Waals surface area contributed by atoms with E-state index in [9.17, 15) is 19.8 Å². The summed E-state index contributed by atoms with van der Waals surface area (Å²) in [7, 11) is 0. The molecule has 0 aromatic carbocycles. The Balaban J connectivity index is 3.42. The average molecular weight is 862 g/mol. The third-order valence-corrected chi connectivity index (χ3v) is 12.8. The first-order valence-corrected chi connectivity index (χ1v) is 27.5. The number of unbranched alkanes of at least 4 members (excludes halogenated alkanes) is 40. The number of allylic oxidation sites excluding steroid dienone is 1. The molecule has 1 amide bonds. The van der Waals surface area contributed by atoms with E-state index < -0.39 is 12.1 Å². The van der Waals surface area contributed by atoms with Crippen molar-refractivity contribution in [2.24, 2.45) is 0 Å². The summed E-state index contributed by atoms with van der Waals surface area (Å²) < 4.78 is 5.46. The maximum atomic E-state index is 12.4. The van der Waals surface area contributed by atoms with Gasteiger partial charge in [0.25, 0.3) is 0 Å². The highest BCUT2D eigenvalue weighted by molar-refractivity contribution is 5.76. The number of nitrogens with one attached hydrogen (secondary N) is 1. The van der Waals surface area contributed by atoms with Gasteiger partial charge in [-0.15, -0.1) is 0 Å². The van der Waals surface area contributed by atoms with Crippen molar-refractivity contribution in [3.63, 3.8) is 0 Å². The fourth-order valence-corrected chi connectivity index (χ4v) is 8.58. The van der Waals surface area contributed by atoms with Crippen LogP contribution in [0.1, 0.15) is 303 Å². The zero-order valence-corrected chi connectivity index (χ0v) is 41.2. The Kier molecular flexibility index (Phi) is 50.1. The Bertz CT molecular complexity index is 909. The summed E-state index contributed by atoms with van der Waals surface area (Å²) in [4.78, 5) is 24.4. The molecule has 6 nitrogen and oxygen atoms in total. The van der Waals surface area contributed by atoms with Gasteiger partial charge in [-0.25, -0.2) is 0 Å². The highest BCUT2D eigenvalue weighted by atomic mass is 16.5. The molecule has 2 atom stereocenters. The smallest absolute Gasteiger partial charge is 0.305 e. The molecule has 61 heavy (non-hydrogen) atoms. The molecule has 0 fully saturated rings. The summed E-state index contributed by atoms with van der Waals surface area (Å²) in [6.45, 7) is 4.90. The second kappa shape index (κ2) is 51.2. The quantitative estimate of drug-likeness (QED) is 0.0322. The lowest BCUT2D eigenvalue weighted by atomic mass is 10.0. The van der Waals surface area contributed by atoms with Gasteiger partial charge in [0.15, 0.2) is 0 Å². The monoisotopic (exact) mass is 862 g/mol. The SMILES string of the molecule is CCCCCCCCCCCCCC/C=C/C(O)C(CO)NC(=O)CCCCCCCCCCCCCCCCCCCCCOC(=O)CCCCCCCCCCCCC. The van der Waals surface area contributed by atoms with Crippen LogP contribution < -0.4 is 5.32 Å². The van der Waals surface area contributed by atoms with Crippen LogP contribution in [0.3, 0.4) is 0 Å². The van der Waals surface area contributed by atoms with Crippen molar-refractivity contribution in [1.29, 1.82) is 0 Å². The fourth-order valence-electron chi connectivity index (χ4n) is 8.58. The van der Waals surface area contributed by atoms with Crippen LogP contribution >= 0.6 is 0 Å². The second-order valence-corrected chi connectivity index (χ2v) is 18.9. The average Bonchev–Trinajstić information content (AvgIpc) is 3.26. The molecule has 0 aromatic rings. The number of carbonyl (C=O) groups excluding carboxylic acids is 2. The summed E-state index contributed by atoms with van der Waals surface area (Å²) in [5.74, 6) is -0.0615. The van der Waals surface area contributed by atoms with Gasteiger partial charge in [0.05, 0.1) is 25.4 Å². The molecule has 0 rings (SSSR count). The van der Waals surface area contributed by atoms with E-state index in [-0.39, 0.29) is 18.5 Å². The molecule has 0 heterocycles. The number of aliphatic hydroxyl groups excluding tert-OH is 2. The molecule has 0 aliphatic carbocycles. The number of hydrogen-bond acceptors (Lipinski definition) is 5. The van der Waals surface area contributed by atoms with Gasteiger partial charge in [0, 0.05) is 12.8 Å². The van der Waals surface area contributed by atoms with Crippen molar-refractivity contribution in [1.82, 2.24) is 5.32 Å². The van der Waals surface area contributed by atoms with Gasteiger partial charge < -0.3 is 20.3 Å². The molecule has 0 saturated carbocycles. The third-order valence-electron chi connectivity index (χ3n) is 12.8. The van der Waals surface area contributed by atoms with Crippen molar-refractivity contribution in [2.45, 2.75) is 315 Å². The van der Waals surface area contributed by atoms with E-state index in [4.69, 9.17) is 4.74 Å². The second-order valence-electron chi connectivity index (χ2n) is 18.9. The van der Waals surface area contributed by atoms with Crippen LogP contribution in [0, 0.1) is 0 Å². The van der Waals surface area contributed by atoms with Gasteiger partial charge in [-0.05, 0) is 32.1 Å². The van der Waals surface area contributed by atoms with Gasteiger partial charge in [0.2, 0.25) is 5.91 Å². The molecule has 0 radical (unpaired) electrons. The van der Waals surface area contributed by atoms with E-state index in [0.717, 1.165) is 38.5 Å². The molecule has 0 aliphatic heterocycles. The normalized spacial score (nSPS) is 12.7. The maximum Gasteiger partial charge on any atom is 0.305 e. The van der Waals surface area contributed by atoms with Crippen molar-refractivity contribution < 1.29 is 24.5 Å². The zero-order valence-electron chi connectivity index (χ0n) is 41.2. The first-order valence-electron chi connectivity index (χ1n) is 27.5. The van der Waals surface area contributed by atoms with Crippen molar-refractivity contribution >= 4 is 11.9 Å². The number of hydrogen-bond donors (Lipinski definition) is 3. The Hall–Kier alpha value is -1.40. The number of esters is 1. The summed E-state index contributed by atoms with van der Waals surface area (Å²) in [6, 6.07) is -0.628. The largest absolute Gasteiger partial charge is 0.466 e.